The lowest BCUT2D eigenvalue weighted by Gasteiger charge is -2.22. The van der Waals surface area contributed by atoms with E-state index in [2.05, 4.69) is 15.6 Å². The van der Waals surface area contributed by atoms with Crippen molar-refractivity contribution in [1.82, 2.24) is 4.98 Å². The molecular weight excluding hydrogens is 282 g/mol. The fourth-order valence-electron chi connectivity index (χ4n) is 2.28. The van der Waals surface area contributed by atoms with Crippen LogP contribution in [0.4, 0.5) is 11.4 Å². The van der Waals surface area contributed by atoms with E-state index >= 15 is 0 Å². The maximum atomic E-state index is 9.85. The molecule has 0 saturated heterocycles. The van der Waals surface area contributed by atoms with Gasteiger partial charge in [-0.2, -0.15) is 0 Å². The van der Waals surface area contributed by atoms with Gasteiger partial charge in [-0.1, -0.05) is 11.6 Å². The summed E-state index contributed by atoms with van der Waals surface area (Å²) >= 11 is 7.29. The van der Waals surface area contributed by atoms with Crippen LogP contribution in [0.5, 0.6) is 5.75 Å². The van der Waals surface area contributed by atoms with Crippen molar-refractivity contribution in [3.63, 3.8) is 0 Å². The molecule has 4 nitrogen and oxygen atoms in total. The fourth-order valence-corrected chi connectivity index (χ4v) is 3.20. The number of hydrogen-bond acceptors (Lipinski definition) is 5. The van der Waals surface area contributed by atoms with Gasteiger partial charge < -0.3 is 15.7 Å². The minimum absolute atomic E-state index is 0.320. The first-order chi connectivity index (χ1) is 9.24. The molecular formula is C13H14ClN3OS. The zero-order chi connectivity index (χ0) is 13.2. The highest BCUT2D eigenvalue weighted by atomic mass is 35.5. The van der Waals surface area contributed by atoms with Crippen LogP contribution in [0, 0.1) is 0 Å². The molecule has 0 amide bonds. The molecule has 0 atom stereocenters. The number of nitrogens with one attached hydrogen (secondary N) is 2. The number of phenolic OH excluding ortho intramolecular Hbond substituents is 1. The van der Waals surface area contributed by atoms with E-state index in [0.717, 1.165) is 41.2 Å². The van der Waals surface area contributed by atoms with E-state index in [0.29, 0.717) is 16.8 Å². The molecule has 2 heterocycles. The van der Waals surface area contributed by atoms with Gasteiger partial charge in [-0.05, 0) is 25.0 Å². The van der Waals surface area contributed by atoms with Crippen molar-refractivity contribution in [2.75, 3.05) is 17.2 Å². The highest BCUT2D eigenvalue weighted by molar-refractivity contribution is 7.15. The van der Waals surface area contributed by atoms with Crippen LogP contribution < -0.4 is 10.6 Å². The summed E-state index contributed by atoms with van der Waals surface area (Å²) in [6, 6.07) is 3.64. The minimum atomic E-state index is 0.320. The molecule has 0 fully saturated rings. The molecule has 0 aliphatic carbocycles. The number of aromatic hydroxyl groups is 1. The van der Waals surface area contributed by atoms with Gasteiger partial charge in [-0.25, -0.2) is 4.98 Å². The third-order valence-electron chi connectivity index (χ3n) is 3.17. The summed E-state index contributed by atoms with van der Waals surface area (Å²) in [5, 5.41) is 16.5. The molecule has 1 aliphatic rings. The Kier molecular flexibility index (Phi) is 3.48. The van der Waals surface area contributed by atoms with Crippen LogP contribution in [0.1, 0.15) is 16.9 Å². The van der Waals surface area contributed by atoms with Crippen LogP contribution in [0.2, 0.25) is 4.47 Å². The van der Waals surface area contributed by atoms with Crippen LogP contribution >= 0.6 is 22.9 Å². The van der Waals surface area contributed by atoms with E-state index in [9.17, 15) is 5.11 Å². The average molecular weight is 296 g/mol. The zero-order valence-corrected chi connectivity index (χ0v) is 11.8. The van der Waals surface area contributed by atoms with Crippen LogP contribution in [0.25, 0.3) is 0 Å². The average Bonchev–Trinajstić information content (AvgIpc) is 2.84. The smallest absolute Gasteiger partial charge is 0.183 e. The van der Waals surface area contributed by atoms with Gasteiger partial charge in [-0.15, -0.1) is 11.3 Å². The van der Waals surface area contributed by atoms with Gasteiger partial charge in [-0.3, -0.25) is 0 Å². The molecule has 3 N–H and O–H groups in total. The Labute approximate surface area is 120 Å². The first-order valence-electron chi connectivity index (χ1n) is 6.17. The largest absolute Gasteiger partial charge is 0.506 e. The molecule has 100 valence electrons. The number of hydrogen-bond donors (Lipinski definition) is 3. The van der Waals surface area contributed by atoms with Crippen molar-refractivity contribution in [1.29, 1.82) is 0 Å². The molecule has 19 heavy (non-hydrogen) atoms. The van der Waals surface area contributed by atoms with Crippen molar-refractivity contribution in [2.24, 2.45) is 0 Å². The Morgan fingerprint density at radius 3 is 3.16 bits per heavy atom. The Morgan fingerprint density at radius 2 is 2.37 bits per heavy atom. The summed E-state index contributed by atoms with van der Waals surface area (Å²) in [6.07, 6.45) is 3.84. The monoisotopic (exact) mass is 295 g/mol. The van der Waals surface area contributed by atoms with E-state index in [-0.39, 0.29) is 0 Å². The molecule has 0 spiro atoms. The summed E-state index contributed by atoms with van der Waals surface area (Å²) in [5.41, 5.74) is 3.07. The molecule has 1 aliphatic heterocycles. The summed E-state index contributed by atoms with van der Waals surface area (Å²) in [5.74, 6) is 0.320. The van der Waals surface area contributed by atoms with Gasteiger partial charge in [0.2, 0.25) is 0 Å². The summed E-state index contributed by atoms with van der Waals surface area (Å²) in [4.78, 5) is 5.12. The fraction of sp³-hybridized carbons (Fsp3) is 0.308. The zero-order valence-electron chi connectivity index (χ0n) is 10.2. The van der Waals surface area contributed by atoms with E-state index in [4.69, 9.17) is 11.6 Å². The van der Waals surface area contributed by atoms with Gasteiger partial charge >= 0.3 is 0 Å². The predicted octanol–water partition coefficient (Wildman–Crippen LogP) is 3.47. The Balaban J connectivity index is 1.81. The van der Waals surface area contributed by atoms with Crippen LogP contribution in [0.3, 0.4) is 0 Å². The van der Waals surface area contributed by atoms with Crippen LogP contribution in [0.15, 0.2) is 18.3 Å². The number of nitrogens with zero attached hydrogens (tertiary/aromatic N) is 1. The third-order valence-corrected chi connectivity index (χ3v) is 4.29. The van der Waals surface area contributed by atoms with Crippen molar-refractivity contribution in [3.8, 4) is 5.75 Å². The molecule has 0 unspecified atom stereocenters. The van der Waals surface area contributed by atoms with Crippen molar-refractivity contribution in [2.45, 2.75) is 19.4 Å². The maximum Gasteiger partial charge on any atom is 0.183 e. The van der Waals surface area contributed by atoms with E-state index < -0.39 is 0 Å². The van der Waals surface area contributed by atoms with Gasteiger partial charge in [0.05, 0.1) is 12.2 Å². The SMILES string of the molecule is Oc1ccc(NCc2cnc(Cl)s2)c2c1NCCC2. The molecule has 1 aromatic carbocycles. The number of halogens is 1. The predicted molar refractivity (Wildman–Crippen MR) is 79.4 cm³/mol. The van der Waals surface area contributed by atoms with Crippen molar-refractivity contribution >= 4 is 34.3 Å². The van der Waals surface area contributed by atoms with Gasteiger partial charge in [0.25, 0.3) is 0 Å². The van der Waals surface area contributed by atoms with E-state index in [1.807, 2.05) is 6.07 Å². The van der Waals surface area contributed by atoms with Gasteiger partial charge in [0.1, 0.15) is 5.75 Å². The Bertz CT molecular complexity index is 600. The number of anilines is 2. The minimum Gasteiger partial charge on any atom is -0.506 e. The normalized spacial score (nSPS) is 13.7. The van der Waals surface area contributed by atoms with Crippen LogP contribution in [-0.2, 0) is 13.0 Å². The molecule has 0 saturated carbocycles. The summed E-state index contributed by atoms with van der Waals surface area (Å²) < 4.78 is 0.561. The van der Waals surface area contributed by atoms with Gasteiger partial charge in [0.15, 0.2) is 4.47 Å². The maximum absolute atomic E-state index is 9.85. The number of rotatable bonds is 3. The Morgan fingerprint density at radius 1 is 1.47 bits per heavy atom. The van der Waals surface area contributed by atoms with Crippen LogP contribution in [-0.4, -0.2) is 16.6 Å². The van der Waals surface area contributed by atoms with Crippen molar-refractivity contribution < 1.29 is 5.11 Å². The lowest BCUT2D eigenvalue weighted by atomic mass is 10.0. The van der Waals surface area contributed by atoms with Gasteiger partial charge in [0, 0.05) is 28.9 Å². The highest BCUT2D eigenvalue weighted by Gasteiger charge is 2.16. The molecule has 3 rings (SSSR count). The second-order valence-corrected chi connectivity index (χ2v) is 6.15. The number of fused-ring (bicyclic) bond motifs is 1. The number of aromatic nitrogens is 1. The lowest BCUT2D eigenvalue weighted by Crippen LogP contribution is -2.14. The first-order valence-corrected chi connectivity index (χ1v) is 7.36. The van der Waals surface area contributed by atoms with E-state index in [1.54, 1.807) is 12.3 Å². The number of benzene rings is 1. The number of thiazole rings is 1. The quantitative estimate of drug-likeness (QED) is 0.599. The topological polar surface area (TPSA) is 57.2 Å². The molecule has 2 aromatic rings. The molecule has 6 heteroatoms. The highest BCUT2D eigenvalue weighted by Crippen LogP contribution is 2.36. The lowest BCUT2D eigenvalue weighted by molar-refractivity contribution is 0.475. The standard InChI is InChI=1S/C13H14ClN3OS/c14-13-17-7-8(19-13)6-16-10-3-4-11(18)12-9(10)2-1-5-15-12/h3-4,7,15-16,18H,1-2,5-6H2. The second kappa shape index (κ2) is 5.27. The van der Waals surface area contributed by atoms with Crippen molar-refractivity contribution in [3.05, 3.63) is 33.2 Å². The van der Waals surface area contributed by atoms with E-state index in [1.165, 1.54) is 11.3 Å². The first kappa shape index (κ1) is 12.6. The second-order valence-electron chi connectivity index (χ2n) is 4.45. The third kappa shape index (κ3) is 2.62. The molecule has 0 radical (unpaired) electrons. The Hall–Kier alpha value is -1.46. The number of phenols is 1. The molecule has 0 bridgehead atoms. The molecule has 1 aromatic heterocycles. The summed E-state index contributed by atoms with van der Waals surface area (Å²) in [7, 11) is 0. The summed E-state index contributed by atoms with van der Waals surface area (Å²) in [6.45, 7) is 1.61.